The van der Waals surface area contributed by atoms with Gasteiger partial charge in [0.15, 0.2) is 0 Å². The standard InChI is InChI=1S/C9H15N3O3/c1-3-15-6-7(2)12-9(14)8(13)11-5-4-10/h7H,3,5-6H2,1-2H3,(H,11,13)(H,12,14). The molecule has 0 aliphatic heterocycles. The molecule has 0 aromatic carbocycles. The van der Waals surface area contributed by atoms with Crippen LogP contribution in [0.25, 0.3) is 0 Å². The third kappa shape index (κ3) is 6.46. The molecular weight excluding hydrogens is 198 g/mol. The van der Waals surface area contributed by atoms with Crippen molar-refractivity contribution in [3.05, 3.63) is 0 Å². The summed E-state index contributed by atoms with van der Waals surface area (Å²) in [5.41, 5.74) is 0. The Morgan fingerprint density at radius 2 is 2.13 bits per heavy atom. The first-order valence-corrected chi connectivity index (χ1v) is 4.65. The van der Waals surface area contributed by atoms with Crippen LogP contribution in [0, 0.1) is 11.3 Å². The Labute approximate surface area is 88.6 Å². The number of nitriles is 1. The van der Waals surface area contributed by atoms with Gasteiger partial charge in [-0.25, -0.2) is 0 Å². The van der Waals surface area contributed by atoms with E-state index in [0.29, 0.717) is 13.2 Å². The molecule has 84 valence electrons. The number of amides is 2. The van der Waals surface area contributed by atoms with Crippen molar-refractivity contribution in [3.8, 4) is 6.07 Å². The maximum Gasteiger partial charge on any atom is 0.310 e. The Morgan fingerprint density at radius 3 is 2.67 bits per heavy atom. The van der Waals surface area contributed by atoms with Crippen molar-refractivity contribution in [2.75, 3.05) is 19.8 Å². The minimum Gasteiger partial charge on any atom is -0.380 e. The molecule has 2 amide bonds. The Kier molecular flexibility index (Phi) is 6.93. The van der Waals surface area contributed by atoms with Crippen molar-refractivity contribution in [1.82, 2.24) is 10.6 Å². The lowest BCUT2D eigenvalue weighted by Crippen LogP contribution is -2.45. The molecule has 0 bridgehead atoms. The average Bonchev–Trinajstić information content (AvgIpc) is 2.22. The summed E-state index contributed by atoms with van der Waals surface area (Å²) in [7, 11) is 0. The highest BCUT2D eigenvalue weighted by atomic mass is 16.5. The van der Waals surface area contributed by atoms with E-state index in [4.69, 9.17) is 10.00 Å². The zero-order valence-electron chi connectivity index (χ0n) is 8.87. The number of rotatable bonds is 5. The van der Waals surface area contributed by atoms with Crippen LogP contribution >= 0.6 is 0 Å². The molecule has 2 N–H and O–H groups in total. The highest BCUT2D eigenvalue weighted by molar-refractivity contribution is 6.35. The molecule has 1 unspecified atom stereocenters. The van der Waals surface area contributed by atoms with Crippen molar-refractivity contribution in [1.29, 1.82) is 5.26 Å². The maximum atomic E-state index is 11.1. The molecule has 0 aliphatic rings. The van der Waals surface area contributed by atoms with Crippen molar-refractivity contribution >= 4 is 11.8 Å². The van der Waals surface area contributed by atoms with Crippen LogP contribution in [0.4, 0.5) is 0 Å². The van der Waals surface area contributed by atoms with Gasteiger partial charge in [-0.15, -0.1) is 0 Å². The molecule has 0 aromatic rings. The van der Waals surface area contributed by atoms with E-state index in [1.54, 1.807) is 13.0 Å². The zero-order chi connectivity index (χ0) is 11.7. The lowest BCUT2D eigenvalue weighted by Gasteiger charge is -2.12. The van der Waals surface area contributed by atoms with Crippen LogP contribution in [0.1, 0.15) is 13.8 Å². The number of carbonyl (C=O) groups excluding carboxylic acids is 2. The van der Waals surface area contributed by atoms with Crippen LogP contribution in [0.5, 0.6) is 0 Å². The molecule has 0 aliphatic carbocycles. The van der Waals surface area contributed by atoms with Crippen molar-refractivity contribution in [2.24, 2.45) is 0 Å². The molecule has 0 saturated carbocycles. The zero-order valence-corrected chi connectivity index (χ0v) is 8.87. The molecule has 0 saturated heterocycles. The molecule has 15 heavy (non-hydrogen) atoms. The Balaban J connectivity index is 3.81. The third-order valence-corrected chi connectivity index (χ3v) is 1.48. The fraction of sp³-hybridized carbons (Fsp3) is 0.667. The number of ether oxygens (including phenoxy) is 1. The molecule has 6 heteroatoms. The molecule has 0 fully saturated rings. The van der Waals surface area contributed by atoms with Crippen molar-refractivity contribution in [3.63, 3.8) is 0 Å². The molecule has 0 aromatic heterocycles. The maximum absolute atomic E-state index is 11.1. The van der Waals surface area contributed by atoms with E-state index in [1.807, 2.05) is 6.92 Å². The summed E-state index contributed by atoms with van der Waals surface area (Å²) in [6.45, 7) is 4.31. The van der Waals surface area contributed by atoms with E-state index >= 15 is 0 Å². The van der Waals surface area contributed by atoms with Gasteiger partial charge < -0.3 is 15.4 Å². The fourth-order valence-corrected chi connectivity index (χ4v) is 0.826. The van der Waals surface area contributed by atoms with Gasteiger partial charge in [-0.3, -0.25) is 9.59 Å². The molecular formula is C9H15N3O3. The van der Waals surface area contributed by atoms with Gasteiger partial charge in [-0.2, -0.15) is 5.26 Å². The first-order chi connectivity index (χ1) is 7.11. The first kappa shape index (κ1) is 13.4. The van der Waals surface area contributed by atoms with Gasteiger partial charge in [-0.05, 0) is 13.8 Å². The van der Waals surface area contributed by atoms with E-state index in [0.717, 1.165) is 0 Å². The monoisotopic (exact) mass is 213 g/mol. The quantitative estimate of drug-likeness (QED) is 0.460. The van der Waals surface area contributed by atoms with E-state index in [2.05, 4.69) is 10.6 Å². The minimum absolute atomic E-state index is 0.175. The Morgan fingerprint density at radius 1 is 1.47 bits per heavy atom. The molecule has 6 nitrogen and oxygen atoms in total. The number of hydrogen-bond donors (Lipinski definition) is 2. The van der Waals surface area contributed by atoms with Crippen molar-refractivity contribution in [2.45, 2.75) is 19.9 Å². The first-order valence-electron chi connectivity index (χ1n) is 4.65. The smallest absolute Gasteiger partial charge is 0.310 e. The lowest BCUT2D eigenvalue weighted by molar-refractivity contribution is -0.139. The summed E-state index contributed by atoms with van der Waals surface area (Å²) in [6.07, 6.45) is 0. The van der Waals surface area contributed by atoms with Crippen LogP contribution in [-0.4, -0.2) is 37.6 Å². The second-order valence-electron chi connectivity index (χ2n) is 2.87. The predicted octanol–water partition coefficient (Wildman–Crippen LogP) is -0.833. The second-order valence-corrected chi connectivity index (χ2v) is 2.87. The largest absolute Gasteiger partial charge is 0.380 e. The van der Waals surface area contributed by atoms with Gasteiger partial charge in [-0.1, -0.05) is 0 Å². The summed E-state index contributed by atoms with van der Waals surface area (Å²) >= 11 is 0. The van der Waals surface area contributed by atoms with Gasteiger partial charge in [0.25, 0.3) is 0 Å². The molecule has 1 atom stereocenters. The van der Waals surface area contributed by atoms with Crippen LogP contribution in [-0.2, 0) is 14.3 Å². The topological polar surface area (TPSA) is 91.2 Å². The second kappa shape index (κ2) is 7.76. The highest BCUT2D eigenvalue weighted by Gasteiger charge is 2.14. The van der Waals surface area contributed by atoms with Crippen molar-refractivity contribution < 1.29 is 14.3 Å². The van der Waals surface area contributed by atoms with Crippen LogP contribution in [0.2, 0.25) is 0 Å². The van der Waals surface area contributed by atoms with Crippen LogP contribution < -0.4 is 10.6 Å². The lowest BCUT2D eigenvalue weighted by atomic mass is 10.3. The van der Waals surface area contributed by atoms with Crippen LogP contribution in [0.15, 0.2) is 0 Å². The Hall–Kier alpha value is -1.61. The third-order valence-electron chi connectivity index (χ3n) is 1.48. The highest BCUT2D eigenvalue weighted by Crippen LogP contribution is 1.84. The van der Waals surface area contributed by atoms with E-state index in [9.17, 15) is 9.59 Å². The van der Waals surface area contributed by atoms with E-state index in [1.165, 1.54) is 0 Å². The molecule has 0 radical (unpaired) electrons. The van der Waals surface area contributed by atoms with Gasteiger partial charge in [0, 0.05) is 12.6 Å². The van der Waals surface area contributed by atoms with Gasteiger partial charge in [0.05, 0.1) is 12.7 Å². The van der Waals surface area contributed by atoms with Gasteiger partial charge in [0.1, 0.15) is 6.54 Å². The summed E-state index contributed by atoms with van der Waals surface area (Å²) in [6, 6.07) is 1.47. The summed E-state index contributed by atoms with van der Waals surface area (Å²) in [4.78, 5) is 22.1. The molecule has 0 spiro atoms. The number of hydrogen-bond acceptors (Lipinski definition) is 4. The fourth-order valence-electron chi connectivity index (χ4n) is 0.826. The summed E-state index contributed by atoms with van der Waals surface area (Å²) in [5.74, 6) is -1.56. The minimum atomic E-state index is -0.806. The molecule has 0 rings (SSSR count). The average molecular weight is 213 g/mol. The van der Waals surface area contributed by atoms with Gasteiger partial charge in [0.2, 0.25) is 0 Å². The Bertz CT molecular complexity index is 260. The van der Waals surface area contributed by atoms with E-state index < -0.39 is 11.8 Å². The van der Waals surface area contributed by atoms with Crippen LogP contribution in [0.3, 0.4) is 0 Å². The number of nitrogens with zero attached hydrogens (tertiary/aromatic N) is 1. The normalized spacial score (nSPS) is 11.3. The summed E-state index contributed by atoms with van der Waals surface area (Å²) < 4.78 is 5.06. The number of carbonyl (C=O) groups is 2. The number of nitrogens with one attached hydrogen (secondary N) is 2. The van der Waals surface area contributed by atoms with Gasteiger partial charge >= 0.3 is 11.8 Å². The molecule has 0 heterocycles. The SMILES string of the molecule is CCOCC(C)NC(=O)C(=O)NCC#N. The van der Waals surface area contributed by atoms with E-state index in [-0.39, 0.29) is 12.6 Å². The predicted molar refractivity (Wildman–Crippen MR) is 52.7 cm³/mol. The summed E-state index contributed by atoms with van der Waals surface area (Å²) in [5, 5.41) is 12.8.